The van der Waals surface area contributed by atoms with E-state index in [4.69, 9.17) is 10.5 Å². The minimum Gasteiger partial charge on any atom is -0.378 e. The first-order valence-electron chi connectivity index (χ1n) is 7.46. The molecule has 0 bridgehead atoms. The molecule has 1 amide bonds. The van der Waals surface area contributed by atoms with E-state index in [0.29, 0.717) is 18.2 Å². The molecule has 1 saturated carbocycles. The molecule has 3 rings (SSSR count). The summed E-state index contributed by atoms with van der Waals surface area (Å²) in [5, 5.41) is 3.47. The van der Waals surface area contributed by atoms with Gasteiger partial charge in [-0.1, -0.05) is 37.3 Å². The molecule has 2 unspecified atom stereocenters. The average Bonchev–Trinajstić information content (AvgIpc) is 2.88. The van der Waals surface area contributed by atoms with Gasteiger partial charge in [-0.2, -0.15) is 0 Å². The first kappa shape index (κ1) is 18.1. The highest BCUT2D eigenvalue weighted by Crippen LogP contribution is 2.50. The quantitative estimate of drug-likeness (QED) is 0.882. The minimum atomic E-state index is -0.926. The summed E-state index contributed by atoms with van der Waals surface area (Å²) in [4.78, 5) is 17.1. The Morgan fingerprint density at radius 2 is 2.17 bits per heavy atom. The zero-order valence-corrected chi connectivity index (χ0v) is 15.1. The second-order valence-electron chi connectivity index (χ2n) is 6.28. The van der Waals surface area contributed by atoms with Gasteiger partial charge >= 0.3 is 0 Å². The standard InChI is InChI=1S/C16H21N3O2S.ClH/c1-4-21-12-9-16(17,15(12,2)3)13(20)19-14-18-10-7-5-6-8-11(10)22-14;/h5-8,12H,4,9,17H2,1-3H3,(H,18,19,20);1H. The lowest BCUT2D eigenvalue weighted by atomic mass is 9.54. The van der Waals surface area contributed by atoms with Crippen LogP contribution in [0.15, 0.2) is 24.3 Å². The molecule has 0 radical (unpaired) electrons. The first-order valence-corrected chi connectivity index (χ1v) is 8.27. The molecule has 1 heterocycles. The molecule has 1 aromatic carbocycles. The lowest BCUT2D eigenvalue weighted by Crippen LogP contribution is -2.74. The number of para-hydroxylation sites is 1. The van der Waals surface area contributed by atoms with Crippen molar-refractivity contribution in [1.29, 1.82) is 0 Å². The zero-order valence-electron chi connectivity index (χ0n) is 13.5. The van der Waals surface area contributed by atoms with E-state index in [2.05, 4.69) is 10.3 Å². The van der Waals surface area contributed by atoms with Crippen LogP contribution in [-0.4, -0.2) is 29.1 Å². The number of thiazole rings is 1. The third kappa shape index (κ3) is 2.85. The molecule has 0 aliphatic heterocycles. The van der Waals surface area contributed by atoms with Gasteiger partial charge in [0.15, 0.2) is 5.13 Å². The number of ether oxygens (including phenoxy) is 1. The second-order valence-corrected chi connectivity index (χ2v) is 7.31. The molecule has 1 aromatic heterocycles. The molecule has 2 aromatic rings. The Morgan fingerprint density at radius 3 is 2.78 bits per heavy atom. The fourth-order valence-corrected chi connectivity index (χ4v) is 3.82. The van der Waals surface area contributed by atoms with Gasteiger partial charge in [0.2, 0.25) is 5.91 Å². The van der Waals surface area contributed by atoms with Gasteiger partial charge in [0.1, 0.15) is 5.54 Å². The average molecular weight is 356 g/mol. The summed E-state index contributed by atoms with van der Waals surface area (Å²) in [6, 6.07) is 7.80. The van der Waals surface area contributed by atoms with Crippen molar-refractivity contribution in [2.45, 2.75) is 38.8 Å². The van der Waals surface area contributed by atoms with Crippen molar-refractivity contribution < 1.29 is 9.53 Å². The van der Waals surface area contributed by atoms with Crippen LogP contribution in [0.3, 0.4) is 0 Å². The van der Waals surface area contributed by atoms with Crippen LogP contribution in [0.25, 0.3) is 10.2 Å². The molecule has 3 N–H and O–H groups in total. The zero-order chi connectivity index (χ0) is 16.0. The van der Waals surface area contributed by atoms with Gasteiger partial charge < -0.3 is 15.8 Å². The number of halogens is 1. The predicted octanol–water partition coefficient (Wildman–Crippen LogP) is 3.19. The number of aromatic nitrogens is 1. The second kappa shape index (κ2) is 6.36. The number of rotatable bonds is 4. The third-order valence-corrected chi connectivity index (χ3v) is 5.70. The first-order chi connectivity index (χ1) is 10.4. The topological polar surface area (TPSA) is 77.2 Å². The number of anilines is 1. The van der Waals surface area contributed by atoms with Crippen molar-refractivity contribution in [1.82, 2.24) is 4.98 Å². The number of nitrogens with one attached hydrogen (secondary N) is 1. The van der Waals surface area contributed by atoms with E-state index in [1.165, 1.54) is 11.3 Å². The Bertz CT molecular complexity index is 685. The number of nitrogens with zero attached hydrogens (tertiary/aromatic N) is 1. The number of benzene rings is 1. The maximum Gasteiger partial charge on any atom is 0.246 e. The van der Waals surface area contributed by atoms with Crippen molar-refractivity contribution in [3.05, 3.63) is 24.3 Å². The number of carbonyl (C=O) groups is 1. The Labute approximate surface area is 146 Å². The number of fused-ring (bicyclic) bond motifs is 1. The van der Waals surface area contributed by atoms with Crippen LogP contribution in [0.5, 0.6) is 0 Å². The van der Waals surface area contributed by atoms with Gasteiger partial charge in [-0.3, -0.25) is 4.79 Å². The molecule has 1 fully saturated rings. The maximum atomic E-state index is 12.6. The molecule has 0 saturated heterocycles. The monoisotopic (exact) mass is 355 g/mol. The summed E-state index contributed by atoms with van der Waals surface area (Å²) >= 11 is 1.46. The summed E-state index contributed by atoms with van der Waals surface area (Å²) in [6.07, 6.45) is 0.550. The van der Waals surface area contributed by atoms with E-state index in [1.54, 1.807) is 0 Å². The largest absolute Gasteiger partial charge is 0.378 e. The molecule has 126 valence electrons. The van der Waals surface area contributed by atoms with Gasteiger partial charge in [-0.15, -0.1) is 12.4 Å². The number of amides is 1. The van der Waals surface area contributed by atoms with Gasteiger partial charge in [0.25, 0.3) is 0 Å². The van der Waals surface area contributed by atoms with E-state index in [1.807, 2.05) is 45.0 Å². The maximum absolute atomic E-state index is 12.6. The van der Waals surface area contributed by atoms with E-state index in [9.17, 15) is 4.79 Å². The van der Waals surface area contributed by atoms with Crippen LogP contribution in [0, 0.1) is 5.41 Å². The van der Waals surface area contributed by atoms with E-state index in [-0.39, 0.29) is 24.4 Å². The molecular weight excluding hydrogens is 334 g/mol. The van der Waals surface area contributed by atoms with Crippen LogP contribution >= 0.6 is 23.7 Å². The van der Waals surface area contributed by atoms with Gasteiger partial charge in [0, 0.05) is 18.4 Å². The third-order valence-electron chi connectivity index (χ3n) is 4.75. The number of carbonyl (C=O) groups excluding carboxylic acids is 1. The Hall–Kier alpha value is -1.21. The van der Waals surface area contributed by atoms with Crippen molar-refractivity contribution in [2.24, 2.45) is 11.1 Å². The number of hydrogen-bond donors (Lipinski definition) is 2. The molecule has 1 aliphatic carbocycles. The molecular formula is C16H22ClN3O2S. The van der Waals surface area contributed by atoms with Crippen LogP contribution in [-0.2, 0) is 9.53 Å². The Balaban J connectivity index is 0.00000192. The van der Waals surface area contributed by atoms with Crippen molar-refractivity contribution >= 4 is 45.0 Å². The van der Waals surface area contributed by atoms with Crippen molar-refractivity contribution in [3.63, 3.8) is 0 Å². The summed E-state index contributed by atoms with van der Waals surface area (Å²) in [5.41, 5.74) is 5.93. The molecule has 1 aliphatic rings. The van der Waals surface area contributed by atoms with E-state index in [0.717, 1.165) is 10.2 Å². The van der Waals surface area contributed by atoms with Crippen molar-refractivity contribution in [3.8, 4) is 0 Å². The number of hydrogen-bond acceptors (Lipinski definition) is 5. The SMILES string of the molecule is CCOC1CC(N)(C(=O)Nc2nc3ccccc3s2)C1(C)C.Cl. The Kier molecular flexibility index (Phi) is 5.01. The molecule has 5 nitrogen and oxygen atoms in total. The molecule has 2 atom stereocenters. The normalized spacial score (nSPS) is 25.5. The predicted molar refractivity (Wildman–Crippen MR) is 96.2 cm³/mol. The lowest BCUT2D eigenvalue weighted by Gasteiger charge is -2.57. The van der Waals surface area contributed by atoms with E-state index >= 15 is 0 Å². The van der Waals surface area contributed by atoms with Crippen LogP contribution < -0.4 is 11.1 Å². The van der Waals surface area contributed by atoms with Crippen LogP contribution in [0.1, 0.15) is 27.2 Å². The van der Waals surface area contributed by atoms with Crippen LogP contribution in [0.4, 0.5) is 5.13 Å². The summed E-state index contributed by atoms with van der Waals surface area (Å²) < 4.78 is 6.71. The fraction of sp³-hybridized carbons (Fsp3) is 0.500. The summed E-state index contributed by atoms with van der Waals surface area (Å²) in [6.45, 7) is 6.54. The van der Waals surface area contributed by atoms with Gasteiger partial charge in [0.05, 0.1) is 16.3 Å². The highest BCUT2D eigenvalue weighted by atomic mass is 35.5. The molecule has 23 heavy (non-hydrogen) atoms. The summed E-state index contributed by atoms with van der Waals surface area (Å²) in [7, 11) is 0. The highest BCUT2D eigenvalue weighted by Gasteiger charge is 2.62. The smallest absolute Gasteiger partial charge is 0.246 e. The molecule has 0 spiro atoms. The molecule has 7 heteroatoms. The Morgan fingerprint density at radius 1 is 1.48 bits per heavy atom. The van der Waals surface area contributed by atoms with Gasteiger partial charge in [-0.05, 0) is 19.1 Å². The van der Waals surface area contributed by atoms with Gasteiger partial charge in [-0.25, -0.2) is 4.98 Å². The fourth-order valence-electron chi connectivity index (χ4n) is 2.95. The van der Waals surface area contributed by atoms with E-state index < -0.39 is 11.0 Å². The van der Waals surface area contributed by atoms with Crippen molar-refractivity contribution in [2.75, 3.05) is 11.9 Å². The van der Waals surface area contributed by atoms with Crippen LogP contribution in [0.2, 0.25) is 0 Å². The number of nitrogens with two attached hydrogens (primary N) is 1. The minimum absolute atomic E-state index is 0. The summed E-state index contributed by atoms with van der Waals surface area (Å²) in [5.74, 6) is -0.187. The highest BCUT2D eigenvalue weighted by molar-refractivity contribution is 7.22. The lowest BCUT2D eigenvalue weighted by molar-refractivity contribution is -0.166.